The zero-order valence-electron chi connectivity index (χ0n) is 9.31. The normalized spacial score (nSPS) is 20.4. The molecule has 0 spiro atoms. The predicted octanol–water partition coefficient (Wildman–Crippen LogP) is 1.29. The molecule has 14 heavy (non-hydrogen) atoms. The van der Waals surface area contributed by atoms with Crippen molar-refractivity contribution in [3.05, 3.63) is 0 Å². The number of likely N-dealkylation sites (N-methyl/N-ethyl adjacent to an activating group) is 1. The Kier molecular flexibility index (Phi) is 4.94. The van der Waals surface area contributed by atoms with Gasteiger partial charge in [-0.3, -0.25) is 4.79 Å². The second kappa shape index (κ2) is 6.02. The highest BCUT2D eigenvalue weighted by atomic mass is 16.1. The summed E-state index contributed by atoms with van der Waals surface area (Å²) in [5.41, 5.74) is 0. The van der Waals surface area contributed by atoms with Crippen molar-refractivity contribution in [2.45, 2.75) is 45.1 Å². The molecule has 1 rings (SSSR count). The Labute approximate surface area is 86.6 Å². The van der Waals surface area contributed by atoms with Gasteiger partial charge in [0.25, 0.3) is 0 Å². The first-order valence-electron chi connectivity index (χ1n) is 5.68. The second-order valence-electron chi connectivity index (χ2n) is 4.24. The molecule has 1 fully saturated rings. The molecule has 0 aliphatic heterocycles. The van der Waals surface area contributed by atoms with Crippen molar-refractivity contribution in [1.82, 2.24) is 10.6 Å². The monoisotopic (exact) mass is 198 g/mol. The number of amides is 1. The number of hydrogen-bond donors (Lipinski definition) is 2. The van der Waals surface area contributed by atoms with E-state index in [0.717, 1.165) is 5.92 Å². The van der Waals surface area contributed by atoms with Gasteiger partial charge in [0.2, 0.25) is 5.91 Å². The van der Waals surface area contributed by atoms with Gasteiger partial charge in [-0.25, -0.2) is 0 Å². The van der Waals surface area contributed by atoms with E-state index >= 15 is 0 Å². The maximum atomic E-state index is 11.0. The lowest BCUT2D eigenvalue weighted by Crippen LogP contribution is -2.40. The first-order valence-corrected chi connectivity index (χ1v) is 5.68. The van der Waals surface area contributed by atoms with Crippen LogP contribution in [0.4, 0.5) is 0 Å². The largest absolute Gasteiger partial charge is 0.358 e. The summed E-state index contributed by atoms with van der Waals surface area (Å²) in [7, 11) is 1.68. The molecule has 2 N–H and O–H groups in total. The Bertz CT molecular complexity index is 176. The Morgan fingerprint density at radius 3 is 2.57 bits per heavy atom. The first-order chi connectivity index (χ1) is 6.74. The Morgan fingerprint density at radius 2 is 2.00 bits per heavy atom. The summed E-state index contributed by atoms with van der Waals surface area (Å²) in [6.45, 7) is 2.65. The third-order valence-corrected chi connectivity index (χ3v) is 3.22. The minimum absolute atomic E-state index is 0.0765. The van der Waals surface area contributed by atoms with Crippen molar-refractivity contribution in [2.75, 3.05) is 13.6 Å². The van der Waals surface area contributed by atoms with E-state index in [9.17, 15) is 4.79 Å². The number of rotatable bonds is 4. The molecule has 0 heterocycles. The number of carbonyl (C=O) groups is 1. The van der Waals surface area contributed by atoms with Crippen LogP contribution in [-0.2, 0) is 4.79 Å². The molecule has 3 nitrogen and oxygen atoms in total. The summed E-state index contributed by atoms with van der Waals surface area (Å²) in [6.07, 6.45) is 6.75. The predicted molar refractivity (Wildman–Crippen MR) is 58.1 cm³/mol. The lowest BCUT2D eigenvalue weighted by atomic mass is 9.84. The molecule has 0 aromatic rings. The maximum Gasteiger partial charge on any atom is 0.233 e. The van der Waals surface area contributed by atoms with Gasteiger partial charge in [-0.2, -0.15) is 0 Å². The summed E-state index contributed by atoms with van der Waals surface area (Å²) < 4.78 is 0. The van der Waals surface area contributed by atoms with Gasteiger partial charge in [-0.1, -0.05) is 19.3 Å². The SMILES string of the molecule is CNC(=O)CNC(C)C1CCCCC1. The molecule has 1 aliphatic rings. The molecule has 1 atom stereocenters. The molecule has 82 valence electrons. The average molecular weight is 198 g/mol. The van der Waals surface area contributed by atoms with Crippen LogP contribution in [-0.4, -0.2) is 25.5 Å². The van der Waals surface area contributed by atoms with Crippen LogP contribution in [0.15, 0.2) is 0 Å². The smallest absolute Gasteiger partial charge is 0.233 e. The molecule has 1 amide bonds. The zero-order valence-corrected chi connectivity index (χ0v) is 9.31. The van der Waals surface area contributed by atoms with Crippen LogP contribution in [0.3, 0.4) is 0 Å². The van der Waals surface area contributed by atoms with Crippen molar-refractivity contribution in [3.63, 3.8) is 0 Å². The molecule has 0 saturated heterocycles. The van der Waals surface area contributed by atoms with Crippen molar-refractivity contribution >= 4 is 5.91 Å². The van der Waals surface area contributed by atoms with E-state index in [1.807, 2.05) is 0 Å². The first kappa shape index (κ1) is 11.5. The van der Waals surface area contributed by atoms with E-state index in [4.69, 9.17) is 0 Å². The summed E-state index contributed by atoms with van der Waals surface area (Å²) >= 11 is 0. The standard InChI is InChI=1S/C11H22N2O/c1-9(13-8-11(14)12-2)10-6-4-3-5-7-10/h9-10,13H,3-8H2,1-2H3,(H,12,14). The van der Waals surface area contributed by atoms with E-state index in [1.165, 1.54) is 32.1 Å². The third-order valence-electron chi connectivity index (χ3n) is 3.22. The van der Waals surface area contributed by atoms with E-state index in [0.29, 0.717) is 12.6 Å². The highest BCUT2D eigenvalue weighted by molar-refractivity contribution is 5.77. The van der Waals surface area contributed by atoms with Crippen LogP contribution < -0.4 is 10.6 Å². The van der Waals surface area contributed by atoms with E-state index < -0.39 is 0 Å². The molecule has 0 bridgehead atoms. The molecule has 0 radical (unpaired) electrons. The summed E-state index contributed by atoms with van der Waals surface area (Å²) in [6, 6.07) is 0.479. The van der Waals surface area contributed by atoms with Crippen molar-refractivity contribution < 1.29 is 4.79 Å². The van der Waals surface area contributed by atoms with Crippen LogP contribution in [0.25, 0.3) is 0 Å². The van der Waals surface area contributed by atoms with Gasteiger partial charge in [0, 0.05) is 13.1 Å². The average Bonchev–Trinajstić information content (AvgIpc) is 2.26. The summed E-state index contributed by atoms with van der Waals surface area (Å²) in [5, 5.41) is 5.91. The summed E-state index contributed by atoms with van der Waals surface area (Å²) in [5.74, 6) is 0.848. The fourth-order valence-corrected chi connectivity index (χ4v) is 2.14. The van der Waals surface area contributed by atoms with Crippen molar-refractivity contribution in [3.8, 4) is 0 Å². The van der Waals surface area contributed by atoms with Gasteiger partial charge in [0.05, 0.1) is 6.54 Å². The maximum absolute atomic E-state index is 11.0. The van der Waals surface area contributed by atoms with Crippen molar-refractivity contribution in [1.29, 1.82) is 0 Å². The molecule has 1 saturated carbocycles. The number of hydrogen-bond acceptors (Lipinski definition) is 2. The molecule has 0 aromatic heterocycles. The fourth-order valence-electron chi connectivity index (χ4n) is 2.14. The van der Waals surface area contributed by atoms with E-state index in [2.05, 4.69) is 17.6 Å². The van der Waals surface area contributed by atoms with Gasteiger partial charge < -0.3 is 10.6 Å². The molecule has 1 aliphatic carbocycles. The fraction of sp³-hybridized carbons (Fsp3) is 0.909. The van der Waals surface area contributed by atoms with Gasteiger partial charge >= 0.3 is 0 Å². The molecule has 3 heteroatoms. The van der Waals surface area contributed by atoms with E-state index in [-0.39, 0.29) is 5.91 Å². The van der Waals surface area contributed by atoms with Gasteiger partial charge in [-0.05, 0) is 25.7 Å². The van der Waals surface area contributed by atoms with E-state index in [1.54, 1.807) is 7.05 Å². The molecular weight excluding hydrogens is 176 g/mol. The minimum atomic E-state index is 0.0765. The highest BCUT2D eigenvalue weighted by Crippen LogP contribution is 2.26. The number of nitrogens with one attached hydrogen (secondary N) is 2. The van der Waals surface area contributed by atoms with Gasteiger partial charge in [0.15, 0.2) is 0 Å². The lowest BCUT2D eigenvalue weighted by Gasteiger charge is -2.28. The molecular formula is C11H22N2O. The van der Waals surface area contributed by atoms with Crippen LogP contribution in [0, 0.1) is 5.92 Å². The Hall–Kier alpha value is -0.570. The van der Waals surface area contributed by atoms with Crippen molar-refractivity contribution in [2.24, 2.45) is 5.92 Å². The molecule has 0 aromatic carbocycles. The van der Waals surface area contributed by atoms with Crippen LogP contribution in [0.1, 0.15) is 39.0 Å². The quantitative estimate of drug-likeness (QED) is 0.714. The van der Waals surface area contributed by atoms with Crippen LogP contribution >= 0.6 is 0 Å². The lowest BCUT2D eigenvalue weighted by molar-refractivity contribution is -0.119. The summed E-state index contributed by atoms with van der Waals surface area (Å²) in [4.78, 5) is 11.0. The van der Waals surface area contributed by atoms with Gasteiger partial charge in [-0.15, -0.1) is 0 Å². The highest BCUT2D eigenvalue weighted by Gasteiger charge is 2.19. The Morgan fingerprint density at radius 1 is 1.36 bits per heavy atom. The minimum Gasteiger partial charge on any atom is -0.358 e. The zero-order chi connectivity index (χ0) is 10.4. The van der Waals surface area contributed by atoms with Crippen LogP contribution in [0.2, 0.25) is 0 Å². The third kappa shape index (κ3) is 3.66. The van der Waals surface area contributed by atoms with Gasteiger partial charge in [0.1, 0.15) is 0 Å². The molecule has 1 unspecified atom stereocenters. The number of carbonyl (C=O) groups excluding carboxylic acids is 1. The Balaban J connectivity index is 2.19. The topological polar surface area (TPSA) is 41.1 Å². The van der Waals surface area contributed by atoms with Crippen LogP contribution in [0.5, 0.6) is 0 Å². The second-order valence-corrected chi connectivity index (χ2v) is 4.24.